The third kappa shape index (κ3) is 3.53. The van der Waals surface area contributed by atoms with Gasteiger partial charge in [0.15, 0.2) is 0 Å². The molecule has 118 valence electrons. The van der Waals surface area contributed by atoms with E-state index in [0.717, 1.165) is 31.6 Å². The van der Waals surface area contributed by atoms with Gasteiger partial charge < -0.3 is 4.90 Å². The summed E-state index contributed by atoms with van der Waals surface area (Å²) in [5.41, 5.74) is 0.980. The molecule has 0 amide bonds. The van der Waals surface area contributed by atoms with Crippen molar-refractivity contribution < 1.29 is 12.8 Å². The number of anilines is 1. The van der Waals surface area contributed by atoms with Crippen LogP contribution in [0.4, 0.5) is 10.1 Å². The summed E-state index contributed by atoms with van der Waals surface area (Å²) in [6.45, 7) is 1.53. The summed E-state index contributed by atoms with van der Waals surface area (Å²) < 4.78 is 39.9. The van der Waals surface area contributed by atoms with Gasteiger partial charge in [0.1, 0.15) is 5.82 Å². The SMILES string of the molecule is CN(C)S(=O)(=O)N(C)C1CCN(c2ccc(F)cc2)CC1. The minimum atomic E-state index is -3.37. The zero-order valence-electron chi connectivity index (χ0n) is 12.7. The van der Waals surface area contributed by atoms with Gasteiger partial charge >= 0.3 is 0 Å². The zero-order chi connectivity index (χ0) is 15.6. The Bertz CT molecular complexity index is 566. The van der Waals surface area contributed by atoms with Gasteiger partial charge in [-0.05, 0) is 37.1 Å². The first-order chi connectivity index (χ1) is 9.82. The smallest absolute Gasteiger partial charge is 0.281 e. The molecule has 0 aromatic heterocycles. The van der Waals surface area contributed by atoms with Crippen LogP contribution in [-0.2, 0) is 10.2 Å². The Balaban J connectivity index is 1.99. The standard InChI is InChI=1S/C14H22FN3O2S/c1-16(2)21(19,20)17(3)13-8-10-18(11-9-13)14-6-4-12(15)5-7-14/h4-7,13H,8-11H2,1-3H3. The normalized spacial score (nSPS) is 17.7. The monoisotopic (exact) mass is 315 g/mol. The molecule has 21 heavy (non-hydrogen) atoms. The molecule has 0 aliphatic carbocycles. The van der Waals surface area contributed by atoms with E-state index in [-0.39, 0.29) is 11.9 Å². The van der Waals surface area contributed by atoms with Crippen molar-refractivity contribution >= 4 is 15.9 Å². The van der Waals surface area contributed by atoms with Crippen molar-refractivity contribution in [1.29, 1.82) is 0 Å². The average Bonchev–Trinajstić information content (AvgIpc) is 2.47. The Labute approximate surface area is 126 Å². The van der Waals surface area contributed by atoms with Crippen molar-refractivity contribution in [2.45, 2.75) is 18.9 Å². The maximum absolute atomic E-state index is 12.9. The fourth-order valence-corrected chi connectivity index (χ4v) is 3.69. The van der Waals surface area contributed by atoms with Crippen LogP contribution in [0.2, 0.25) is 0 Å². The number of halogens is 1. The Hall–Kier alpha value is -1.18. The van der Waals surface area contributed by atoms with Gasteiger partial charge in [-0.2, -0.15) is 17.0 Å². The molecule has 0 spiro atoms. The Morgan fingerprint density at radius 2 is 1.62 bits per heavy atom. The molecule has 5 nitrogen and oxygen atoms in total. The first kappa shape index (κ1) is 16.2. The average molecular weight is 315 g/mol. The van der Waals surface area contributed by atoms with Gasteiger partial charge in [0, 0.05) is 46.0 Å². The molecule has 0 N–H and O–H groups in total. The molecule has 0 atom stereocenters. The van der Waals surface area contributed by atoms with Crippen LogP contribution in [0, 0.1) is 5.82 Å². The van der Waals surface area contributed by atoms with Crippen LogP contribution in [0.15, 0.2) is 24.3 Å². The summed E-state index contributed by atoms with van der Waals surface area (Å²) in [6.07, 6.45) is 1.53. The van der Waals surface area contributed by atoms with E-state index < -0.39 is 10.2 Å². The first-order valence-electron chi connectivity index (χ1n) is 6.98. The minimum Gasteiger partial charge on any atom is -0.371 e. The van der Waals surface area contributed by atoms with Crippen molar-refractivity contribution in [2.24, 2.45) is 0 Å². The zero-order valence-corrected chi connectivity index (χ0v) is 13.5. The summed E-state index contributed by atoms with van der Waals surface area (Å²) in [4.78, 5) is 2.16. The molecule has 0 radical (unpaired) electrons. The third-order valence-corrected chi connectivity index (χ3v) is 5.94. The summed E-state index contributed by atoms with van der Waals surface area (Å²) in [5, 5.41) is 0. The predicted molar refractivity (Wildman–Crippen MR) is 82.0 cm³/mol. The van der Waals surface area contributed by atoms with Crippen molar-refractivity contribution in [3.8, 4) is 0 Å². The number of piperidine rings is 1. The van der Waals surface area contributed by atoms with Crippen molar-refractivity contribution in [1.82, 2.24) is 8.61 Å². The van der Waals surface area contributed by atoms with E-state index in [1.165, 1.54) is 20.7 Å². The molecule has 1 aromatic rings. The van der Waals surface area contributed by atoms with Gasteiger partial charge in [0.05, 0.1) is 0 Å². The molecule has 1 fully saturated rings. The second-order valence-corrected chi connectivity index (χ2v) is 7.70. The summed E-state index contributed by atoms with van der Waals surface area (Å²) >= 11 is 0. The van der Waals surface area contributed by atoms with E-state index in [0.29, 0.717) is 0 Å². The lowest BCUT2D eigenvalue weighted by Crippen LogP contribution is -2.48. The summed E-state index contributed by atoms with van der Waals surface area (Å²) in [7, 11) is 1.35. The van der Waals surface area contributed by atoms with Crippen LogP contribution < -0.4 is 4.90 Å². The highest BCUT2D eigenvalue weighted by molar-refractivity contribution is 7.86. The van der Waals surface area contributed by atoms with Crippen LogP contribution >= 0.6 is 0 Å². The lowest BCUT2D eigenvalue weighted by Gasteiger charge is -2.38. The highest BCUT2D eigenvalue weighted by atomic mass is 32.2. The van der Waals surface area contributed by atoms with E-state index in [9.17, 15) is 12.8 Å². The van der Waals surface area contributed by atoms with Crippen LogP contribution in [0.3, 0.4) is 0 Å². The van der Waals surface area contributed by atoms with E-state index in [1.54, 1.807) is 33.3 Å². The molecule has 1 aromatic carbocycles. The summed E-state index contributed by atoms with van der Waals surface area (Å²) in [5.74, 6) is -0.245. The molecule has 1 saturated heterocycles. The van der Waals surface area contributed by atoms with Crippen LogP contribution in [0.25, 0.3) is 0 Å². The number of hydrogen-bond donors (Lipinski definition) is 0. The van der Waals surface area contributed by atoms with Gasteiger partial charge in [-0.25, -0.2) is 4.39 Å². The highest BCUT2D eigenvalue weighted by Gasteiger charge is 2.30. The fraction of sp³-hybridized carbons (Fsp3) is 0.571. The van der Waals surface area contributed by atoms with E-state index in [4.69, 9.17) is 0 Å². The van der Waals surface area contributed by atoms with Crippen LogP contribution in [0.5, 0.6) is 0 Å². The minimum absolute atomic E-state index is 0.00842. The molecule has 0 bridgehead atoms. The molecule has 1 aliphatic rings. The number of rotatable bonds is 4. The van der Waals surface area contributed by atoms with E-state index >= 15 is 0 Å². The number of nitrogens with zero attached hydrogens (tertiary/aromatic N) is 3. The van der Waals surface area contributed by atoms with Gasteiger partial charge in [0.25, 0.3) is 10.2 Å². The summed E-state index contributed by atoms with van der Waals surface area (Å²) in [6, 6.07) is 6.43. The van der Waals surface area contributed by atoms with Gasteiger partial charge in [-0.15, -0.1) is 0 Å². The Morgan fingerprint density at radius 3 is 2.10 bits per heavy atom. The lowest BCUT2D eigenvalue weighted by molar-refractivity contribution is 0.296. The third-order valence-electron chi connectivity index (χ3n) is 4.00. The molecule has 2 rings (SSSR count). The number of hydrogen-bond acceptors (Lipinski definition) is 3. The van der Waals surface area contributed by atoms with Gasteiger partial charge in [-0.1, -0.05) is 0 Å². The molecule has 7 heteroatoms. The van der Waals surface area contributed by atoms with E-state index in [1.807, 2.05) is 0 Å². The molecule has 0 saturated carbocycles. The molecular formula is C14H22FN3O2S. The molecule has 0 unspecified atom stereocenters. The van der Waals surface area contributed by atoms with Crippen molar-refractivity contribution in [2.75, 3.05) is 39.1 Å². The van der Waals surface area contributed by atoms with Crippen LogP contribution in [-0.4, -0.2) is 57.3 Å². The fourth-order valence-electron chi connectivity index (χ4n) is 2.59. The molecule has 1 heterocycles. The second-order valence-electron chi connectivity index (χ2n) is 5.50. The molecular weight excluding hydrogens is 293 g/mol. The quantitative estimate of drug-likeness (QED) is 0.846. The largest absolute Gasteiger partial charge is 0.371 e. The molecule has 1 aliphatic heterocycles. The first-order valence-corrected chi connectivity index (χ1v) is 8.38. The lowest BCUT2D eigenvalue weighted by atomic mass is 10.0. The van der Waals surface area contributed by atoms with E-state index in [2.05, 4.69) is 4.90 Å². The van der Waals surface area contributed by atoms with Crippen molar-refractivity contribution in [3.63, 3.8) is 0 Å². The highest BCUT2D eigenvalue weighted by Crippen LogP contribution is 2.23. The Morgan fingerprint density at radius 1 is 1.10 bits per heavy atom. The maximum atomic E-state index is 12.9. The predicted octanol–water partition coefficient (Wildman–Crippen LogP) is 1.53. The Kier molecular flexibility index (Phi) is 4.85. The maximum Gasteiger partial charge on any atom is 0.281 e. The van der Waals surface area contributed by atoms with Gasteiger partial charge in [0.2, 0.25) is 0 Å². The van der Waals surface area contributed by atoms with Gasteiger partial charge in [-0.3, -0.25) is 0 Å². The van der Waals surface area contributed by atoms with Crippen molar-refractivity contribution in [3.05, 3.63) is 30.1 Å². The van der Waals surface area contributed by atoms with Crippen LogP contribution in [0.1, 0.15) is 12.8 Å². The number of benzene rings is 1. The second kappa shape index (κ2) is 6.29. The topological polar surface area (TPSA) is 43.9 Å².